The van der Waals surface area contributed by atoms with Crippen molar-refractivity contribution >= 4 is 10.9 Å². The average molecular weight is 337 g/mol. The fourth-order valence-electron chi connectivity index (χ4n) is 3.44. The summed E-state index contributed by atoms with van der Waals surface area (Å²) in [6.45, 7) is 6.77. The summed E-state index contributed by atoms with van der Waals surface area (Å²) in [4.78, 5) is 4.65. The van der Waals surface area contributed by atoms with E-state index >= 15 is 0 Å². The molecule has 0 fully saturated rings. The zero-order chi connectivity index (χ0) is 18.1. The van der Waals surface area contributed by atoms with Gasteiger partial charge in [0.2, 0.25) is 0 Å². The van der Waals surface area contributed by atoms with Crippen molar-refractivity contribution in [2.45, 2.75) is 26.2 Å². The smallest absolute Gasteiger partial charge is 0.0780 e. The highest BCUT2D eigenvalue weighted by atomic mass is 14.6. The number of nitrogens with zero attached hydrogens (tertiary/aromatic N) is 1. The molecule has 0 spiro atoms. The summed E-state index contributed by atoms with van der Waals surface area (Å²) < 4.78 is 0. The molecule has 1 nitrogen and oxygen atoms in total. The summed E-state index contributed by atoms with van der Waals surface area (Å²) in [6, 6.07) is 28.0. The van der Waals surface area contributed by atoms with Crippen LogP contribution in [-0.4, -0.2) is 4.98 Å². The van der Waals surface area contributed by atoms with Gasteiger partial charge in [-0.15, -0.1) is 0 Å². The van der Waals surface area contributed by atoms with Gasteiger partial charge in [0.05, 0.1) is 5.52 Å². The molecular weight excluding hydrogens is 314 g/mol. The number of rotatable bonds is 2. The predicted molar refractivity (Wildman–Crippen MR) is 111 cm³/mol. The van der Waals surface area contributed by atoms with E-state index in [1.54, 1.807) is 0 Å². The first-order valence-corrected chi connectivity index (χ1v) is 9.08. The predicted octanol–water partition coefficient (Wildman–Crippen LogP) is 6.87. The summed E-state index contributed by atoms with van der Waals surface area (Å²) in [5.41, 5.74) is 7.43. The van der Waals surface area contributed by atoms with Crippen LogP contribution in [0.1, 0.15) is 26.3 Å². The molecule has 0 radical (unpaired) electrons. The first-order chi connectivity index (χ1) is 12.5. The molecule has 1 heterocycles. The van der Waals surface area contributed by atoms with Gasteiger partial charge in [0, 0.05) is 17.1 Å². The summed E-state index contributed by atoms with van der Waals surface area (Å²) in [5, 5.41) is 1.17. The zero-order valence-corrected chi connectivity index (χ0v) is 15.5. The van der Waals surface area contributed by atoms with Crippen molar-refractivity contribution < 1.29 is 0 Å². The van der Waals surface area contributed by atoms with E-state index in [4.69, 9.17) is 0 Å². The molecule has 0 saturated carbocycles. The molecule has 0 atom stereocenters. The van der Waals surface area contributed by atoms with Crippen molar-refractivity contribution in [2.24, 2.45) is 0 Å². The number of benzene rings is 3. The average Bonchev–Trinajstić information content (AvgIpc) is 2.67. The van der Waals surface area contributed by atoms with E-state index < -0.39 is 0 Å². The van der Waals surface area contributed by atoms with Gasteiger partial charge in [-0.1, -0.05) is 93.6 Å². The fourth-order valence-corrected chi connectivity index (χ4v) is 3.44. The molecule has 0 aliphatic heterocycles. The topological polar surface area (TPSA) is 12.9 Å². The highest BCUT2D eigenvalue weighted by Crippen LogP contribution is 2.36. The Morgan fingerprint density at radius 1 is 0.654 bits per heavy atom. The standard InChI is InChI=1S/C25H23N/c1-25(2,3)20-12-6-10-19(17-20)21-13-4-5-14-22(21)23-15-7-9-18-11-8-16-26-24(18)23/h4-17H,1-3H3. The Bertz CT molecular complexity index is 1070. The number of aromatic nitrogens is 1. The minimum Gasteiger partial charge on any atom is -0.256 e. The minimum atomic E-state index is 0.131. The summed E-state index contributed by atoms with van der Waals surface area (Å²) in [6.07, 6.45) is 1.87. The monoisotopic (exact) mass is 337 g/mol. The van der Waals surface area contributed by atoms with Crippen molar-refractivity contribution in [1.82, 2.24) is 4.98 Å². The van der Waals surface area contributed by atoms with Gasteiger partial charge in [-0.3, -0.25) is 4.98 Å². The molecule has 0 N–H and O–H groups in total. The third-order valence-electron chi connectivity index (χ3n) is 4.89. The molecule has 1 aromatic heterocycles. The third kappa shape index (κ3) is 3.01. The van der Waals surface area contributed by atoms with E-state index in [9.17, 15) is 0 Å². The first kappa shape index (κ1) is 16.5. The largest absolute Gasteiger partial charge is 0.256 e. The Hall–Kier alpha value is -2.93. The molecule has 0 bridgehead atoms. The highest BCUT2D eigenvalue weighted by molar-refractivity contribution is 5.98. The molecule has 0 unspecified atom stereocenters. The van der Waals surface area contributed by atoms with Crippen LogP contribution in [0, 0.1) is 0 Å². The lowest BCUT2D eigenvalue weighted by atomic mass is 9.84. The SMILES string of the molecule is CC(C)(C)c1cccc(-c2ccccc2-c2cccc3cccnc23)c1. The maximum Gasteiger partial charge on any atom is 0.0780 e. The first-order valence-electron chi connectivity index (χ1n) is 9.08. The molecular formula is C25H23N. The second-order valence-electron chi connectivity index (χ2n) is 7.76. The molecule has 0 aliphatic carbocycles. The van der Waals surface area contributed by atoms with Crippen LogP contribution in [0.25, 0.3) is 33.2 Å². The lowest BCUT2D eigenvalue weighted by molar-refractivity contribution is 0.590. The molecule has 0 aliphatic rings. The van der Waals surface area contributed by atoms with Crippen LogP contribution in [0.2, 0.25) is 0 Å². The van der Waals surface area contributed by atoms with Crippen molar-refractivity contribution in [3.63, 3.8) is 0 Å². The summed E-state index contributed by atoms with van der Waals surface area (Å²) in [7, 11) is 0. The quantitative estimate of drug-likeness (QED) is 0.389. The number of para-hydroxylation sites is 1. The third-order valence-corrected chi connectivity index (χ3v) is 4.89. The Labute approximate surface area is 155 Å². The maximum atomic E-state index is 4.65. The van der Waals surface area contributed by atoms with Crippen LogP contribution in [0.5, 0.6) is 0 Å². The van der Waals surface area contributed by atoms with Crippen molar-refractivity contribution in [1.29, 1.82) is 0 Å². The van der Waals surface area contributed by atoms with Gasteiger partial charge in [0.15, 0.2) is 0 Å². The van der Waals surface area contributed by atoms with Gasteiger partial charge < -0.3 is 0 Å². The molecule has 26 heavy (non-hydrogen) atoms. The van der Waals surface area contributed by atoms with Crippen molar-refractivity contribution in [3.05, 3.63) is 90.6 Å². The highest BCUT2D eigenvalue weighted by Gasteiger charge is 2.16. The number of hydrogen-bond acceptors (Lipinski definition) is 1. The van der Waals surface area contributed by atoms with Crippen molar-refractivity contribution in [2.75, 3.05) is 0 Å². The number of pyridine rings is 1. The molecule has 3 aromatic carbocycles. The Balaban J connectivity index is 1.94. The summed E-state index contributed by atoms with van der Waals surface area (Å²) in [5.74, 6) is 0. The molecule has 4 rings (SSSR count). The molecule has 0 saturated heterocycles. The van der Waals surface area contributed by atoms with Crippen LogP contribution in [0.3, 0.4) is 0 Å². The normalized spacial score (nSPS) is 11.7. The summed E-state index contributed by atoms with van der Waals surface area (Å²) >= 11 is 0. The van der Waals surface area contributed by atoms with Crippen LogP contribution in [0.15, 0.2) is 85.1 Å². The van der Waals surface area contributed by atoms with E-state index in [0.717, 1.165) is 5.52 Å². The zero-order valence-electron chi connectivity index (χ0n) is 15.5. The minimum absolute atomic E-state index is 0.131. The van der Waals surface area contributed by atoms with E-state index in [0.29, 0.717) is 0 Å². The lowest BCUT2D eigenvalue weighted by Gasteiger charge is -2.20. The van der Waals surface area contributed by atoms with E-state index in [-0.39, 0.29) is 5.41 Å². The molecule has 4 aromatic rings. The van der Waals surface area contributed by atoms with Crippen LogP contribution >= 0.6 is 0 Å². The van der Waals surface area contributed by atoms with Crippen LogP contribution in [0.4, 0.5) is 0 Å². The maximum absolute atomic E-state index is 4.65. The van der Waals surface area contributed by atoms with Gasteiger partial charge in [0.1, 0.15) is 0 Å². The van der Waals surface area contributed by atoms with Crippen LogP contribution < -0.4 is 0 Å². The van der Waals surface area contributed by atoms with Gasteiger partial charge in [-0.05, 0) is 33.7 Å². The van der Waals surface area contributed by atoms with Gasteiger partial charge in [0.25, 0.3) is 0 Å². The Morgan fingerprint density at radius 2 is 1.35 bits per heavy atom. The van der Waals surface area contributed by atoms with E-state index in [2.05, 4.69) is 98.6 Å². The van der Waals surface area contributed by atoms with E-state index in [1.165, 1.54) is 33.2 Å². The van der Waals surface area contributed by atoms with Gasteiger partial charge in [-0.2, -0.15) is 0 Å². The second-order valence-corrected chi connectivity index (χ2v) is 7.76. The molecule has 128 valence electrons. The van der Waals surface area contributed by atoms with E-state index in [1.807, 2.05) is 12.3 Å². The molecule has 0 amide bonds. The Kier molecular flexibility index (Phi) is 4.08. The van der Waals surface area contributed by atoms with Gasteiger partial charge >= 0.3 is 0 Å². The fraction of sp³-hybridized carbons (Fsp3) is 0.160. The Morgan fingerprint density at radius 3 is 2.15 bits per heavy atom. The number of fused-ring (bicyclic) bond motifs is 1. The van der Waals surface area contributed by atoms with Crippen molar-refractivity contribution in [3.8, 4) is 22.3 Å². The lowest BCUT2D eigenvalue weighted by Crippen LogP contribution is -2.10. The van der Waals surface area contributed by atoms with Gasteiger partial charge in [-0.25, -0.2) is 0 Å². The van der Waals surface area contributed by atoms with Crippen LogP contribution in [-0.2, 0) is 5.41 Å². The molecule has 1 heteroatoms. The second kappa shape index (κ2) is 6.42. The number of hydrogen-bond donors (Lipinski definition) is 0.